The molecule has 0 saturated carbocycles. The summed E-state index contributed by atoms with van der Waals surface area (Å²) in [5.74, 6) is 0. The molecule has 0 fully saturated rings. The number of hydrogen-bond acceptors (Lipinski definition) is 4. The van der Waals surface area contributed by atoms with Gasteiger partial charge in [-0.25, -0.2) is 4.79 Å². The van der Waals surface area contributed by atoms with E-state index in [1.807, 2.05) is 45.0 Å². The number of nitrogens with two attached hydrogens (primary N) is 1. The van der Waals surface area contributed by atoms with Crippen LogP contribution in [-0.4, -0.2) is 16.7 Å². The molecular formula is C16H19N3O2. The molecule has 2 rings (SSSR count). The van der Waals surface area contributed by atoms with Crippen molar-refractivity contribution >= 4 is 17.5 Å². The fourth-order valence-corrected chi connectivity index (χ4v) is 1.79. The Morgan fingerprint density at radius 3 is 2.67 bits per heavy atom. The van der Waals surface area contributed by atoms with Crippen molar-refractivity contribution in [2.75, 3.05) is 11.1 Å². The van der Waals surface area contributed by atoms with Crippen molar-refractivity contribution in [1.29, 1.82) is 0 Å². The van der Waals surface area contributed by atoms with Gasteiger partial charge in [-0.15, -0.1) is 0 Å². The summed E-state index contributed by atoms with van der Waals surface area (Å²) in [6, 6.07) is 10.9. The first-order chi connectivity index (χ1) is 9.83. The van der Waals surface area contributed by atoms with Crippen LogP contribution in [0.1, 0.15) is 20.8 Å². The van der Waals surface area contributed by atoms with Gasteiger partial charge >= 0.3 is 6.09 Å². The van der Waals surface area contributed by atoms with E-state index >= 15 is 0 Å². The maximum Gasteiger partial charge on any atom is 0.412 e. The zero-order valence-electron chi connectivity index (χ0n) is 12.4. The Hall–Kier alpha value is -2.56. The highest BCUT2D eigenvalue weighted by atomic mass is 16.6. The maximum absolute atomic E-state index is 11.8. The number of benzene rings is 1. The van der Waals surface area contributed by atoms with Crippen LogP contribution in [0.5, 0.6) is 0 Å². The van der Waals surface area contributed by atoms with Crippen LogP contribution in [0.2, 0.25) is 0 Å². The smallest absolute Gasteiger partial charge is 0.412 e. The van der Waals surface area contributed by atoms with E-state index in [9.17, 15) is 4.79 Å². The second kappa shape index (κ2) is 5.83. The number of amides is 1. The standard InChI is InChI=1S/C16H19N3O2/c1-16(2,3)21-15(20)19-13-7-8-18-14(10-13)11-5-4-6-12(17)9-11/h4-10H,17H2,1-3H3,(H,18,19,20). The molecule has 5 heteroatoms. The van der Waals surface area contributed by atoms with E-state index in [2.05, 4.69) is 10.3 Å². The molecule has 1 aromatic heterocycles. The van der Waals surface area contributed by atoms with Gasteiger partial charge in [0.2, 0.25) is 0 Å². The van der Waals surface area contributed by atoms with Gasteiger partial charge in [-0.3, -0.25) is 10.3 Å². The number of nitrogens with one attached hydrogen (secondary N) is 1. The van der Waals surface area contributed by atoms with Crippen LogP contribution in [0.3, 0.4) is 0 Å². The number of nitrogen functional groups attached to an aromatic ring is 1. The van der Waals surface area contributed by atoms with Gasteiger partial charge < -0.3 is 10.5 Å². The van der Waals surface area contributed by atoms with E-state index in [0.29, 0.717) is 11.4 Å². The SMILES string of the molecule is CC(C)(C)OC(=O)Nc1ccnc(-c2cccc(N)c2)c1. The molecule has 1 aromatic carbocycles. The quantitative estimate of drug-likeness (QED) is 0.825. The molecule has 0 radical (unpaired) electrons. The lowest BCUT2D eigenvalue weighted by molar-refractivity contribution is 0.0636. The van der Waals surface area contributed by atoms with Crippen LogP contribution >= 0.6 is 0 Å². The normalized spacial score (nSPS) is 11.0. The molecule has 0 aliphatic heterocycles. The Bertz CT molecular complexity index is 648. The van der Waals surface area contributed by atoms with Crippen LogP contribution in [-0.2, 0) is 4.74 Å². The van der Waals surface area contributed by atoms with Gasteiger partial charge in [0.15, 0.2) is 0 Å². The minimum atomic E-state index is -0.534. The molecule has 2 aromatic rings. The molecule has 0 aliphatic rings. The van der Waals surface area contributed by atoms with E-state index in [1.54, 1.807) is 18.3 Å². The van der Waals surface area contributed by atoms with Crippen LogP contribution in [0, 0.1) is 0 Å². The van der Waals surface area contributed by atoms with Crippen LogP contribution in [0.15, 0.2) is 42.6 Å². The van der Waals surface area contributed by atoms with Gasteiger partial charge in [0, 0.05) is 23.1 Å². The molecule has 0 spiro atoms. The highest BCUT2D eigenvalue weighted by Gasteiger charge is 2.16. The van der Waals surface area contributed by atoms with Gasteiger partial charge in [-0.1, -0.05) is 12.1 Å². The minimum absolute atomic E-state index is 0.493. The molecule has 21 heavy (non-hydrogen) atoms. The summed E-state index contributed by atoms with van der Waals surface area (Å²) in [4.78, 5) is 16.0. The average molecular weight is 285 g/mol. The van der Waals surface area contributed by atoms with Crippen molar-refractivity contribution in [3.63, 3.8) is 0 Å². The molecule has 1 heterocycles. The molecule has 110 valence electrons. The highest BCUT2D eigenvalue weighted by molar-refractivity contribution is 5.85. The third-order valence-corrected chi connectivity index (χ3v) is 2.59. The first-order valence-electron chi connectivity index (χ1n) is 6.65. The number of aromatic nitrogens is 1. The predicted molar refractivity (Wildman–Crippen MR) is 83.9 cm³/mol. The van der Waals surface area contributed by atoms with E-state index < -0.39 is 11.7 Å². The number of ether oxygens (including phenoxy) is 1. The van der Waals surface area contributed by atoms with Crippen molar-refractivity contribution in [2.45, 2.75) is 26.4 Å². The van der Waals surface area contributed by atoms with Crippen LogP contribution in [0.4, 0.5) is 16.2 Å². The van der Waals surface area contributed by atoms with E-state index in [-0.39, 0.29) is 0 Å². The zero-order chi connectivity index (χ0) is 15.5. The summed E-state index contributed by atoms with van der Waals surface area (Å²) in [5.41, 5.74) is 8.14. The summed E-state index contributed by atoms with van der Waals surface area (Å²) in [7, 11) is 0. The highest BCUT2D eigenvalue weighted by Crippen LogP contribution is 2.22. The van der Waals surface area contributed by atoms with Crippen molar-refractivity contribution in [3.8, 4) is 11.3 Å². The molecule has 1 amide bonds. The number of rotatable bonds is 2. The Labute approximate surface area is 124 Å². The zero-order valence-corrected chi connectivity index (χ0v) is 12.4. The van der Waals surface area contributed by atoms with Gasteiger partial charge in [0.25, 0.3) is 0 Å². The van der Waals surface area contributed by atoms with Gasteiger partial charge in [0.1, 0.15) is 5.60 Å². The van der Waals surface area contributed by atoms with Crippen molar-refractivity contribution < 1.29 is 9.53 Å². The molecule has 5 nitrogen and oxygen atoms in total. The lowest BCUT2D eigenvalue weighted by atomic mass is 10.1. The fraction of sp³-hybridized carbons (Fsp3) is 0.250. The molecule has 0 unspecified atom stereocenters. The first kappa shape index (κ1) is 14.8. The minimum Gasteiger partial charge on any atom is -0.444 e. The van der Waals surface area contributed by atoms with Crippen molar-refractivity contribution in [2.24, 2.45) is 0 Å². The summed E-state index contributed by atoms with van der Waals surface area (Å²) >= 11 is 0. The Balaban J connectivity index is 2.17. The van der Waals surface area contributed by atoms with E-state index in [4.69, 9.17) is 10.5 Å². The number of carbonyl (C=O) groups excluding carboxylic acids is 1. The Morgan fingerprint density at radius 1 is 1.24 bits per heavy atom. The van der Waals surface area contributed by atoms with Crippen molar-refractivity contribution in [3.05, 3.63) is 42.6 Å². The molecule has 0 bridgehead atoms. The number of pyridine rings is 1. The summed E-state index contributed by atoms with van der Waals surface area (Å²) in [6.07, 6.45) is 1.14. The summed E-state index contributed by atoms with van der Waals surface area (Å²) < 4.78 is 5.22. The molecule has 3 N–H and O–H groups in total. The Morgan fingerprint density at radius 2 is 2.00 bits per heavy atom. The maximum atomic E-state index is 11.8. The number of carbonyl (C=O) groups is 1. The predicted octanol–water partition coefficient (Wildman–Crippen LogP) is 3.68. The third kappa shape index (κ3) is 4.49. The lowest BCUT2D eigenvalue weighted by Gasteiger charge is -2.19. The second-order valence-electron chi connectivity index (χ2n) is 5.68. The third-order valence-electron chi connectivity index (χ3n) is 2.59. The lowest BCUT2D eigenvalue weighted by Crippen LogP contribution is -2.27. The summed E-state index contributed by atoms with van der Waals surface area (Å²) in [5, 5.41) is 2.69. The number of hydrogen-bond donors (Lipinski definition) is 2. The summed E-state index contributed by atoms with van der Waals surface area (Å²) in [6.45, 7) is 5.45. The number of nitrogens with zero attached hydrogens (tertiary/aromatic N) is 1. The molecule has 0 atom stereocenters. The number of anilines is 2. The second-order valence-corrected chi connectivity index (χ2v) is 5.68. The van der Waals surface area contributed by atoms with E-state index in [1.165, 1.54) is 0 Å². The largest absolute Gasteiger partial charge is 0.444 e. The van der Waals surface area contributed by atoms with Gasteiger partial charge in [0.05, 0.1) is 5.69 Å². The monoisotopic (exact) mass is 285 g/mol. The molecule has 0 aliphatic carbocycles. The van der Waals surface area contributed by atoms with Gasteiger partial charge in [-0.05, 0) is 45.0 Å². The Kier molecular flexibility index (Phi) is 4.12. The van der Waals surface area contributed by atoms with E-state index in [0.717, 1.165) is 11.3 Å². The fourth-order valence-electron chi connectivity index (χ4n) is 1.79. The molecule has 0 saturated heterocycles. The van der Waals surface area contributed by atoms with Crippen LogP contribution < -0.4 is 11.1 Å². The molecular weight excluding hydrogens is 266 g/mol. The first-order valence-corrected chi connectivity index (χ1v) is 6.65. The topological polar surface area (TPSA) is 77.2 Å². The van der Waals surface area contributed by atoms with Crippen LogP contribution in [0.25, 0.3) is 11.3 Å². The average Bonchev–Trinajstić information content (AvgIpc) is 2.36. The van der Waals surface area contributed by atoms with Gasteiger partial charge in [-0.2, -0.15) is 0 Å². The van der Waals surface area contributed by atoms with Crippen molar-refractivity contribution in [1.82, 2.24) is 4.98 Å².